The molecule has 1 rings (SSSR count). The number of ether oxygens (including phenoxy) is 1. The fraction of sp³-hybridized carbons (Fsp3) is 0.647. The number of aliphatic imine (C=N–C) groups is 1. The molecule has 0 bridgehead atoms. The zero-order valence-corrected chi connectivity index (χ0v) is 14.8. The lowest BCUT2D eigenvalue weighted by atomic mass is 10.3. The molecule has 0 spiro atoms. The molecule has 0 amide bonds. The highest BCUT2D eigenvalue weighted by atomic mass is 16.5. The van der Waals surface area contributed by atoms with Gasteiger partial charge in [0, 0.05) is 44.5 Å². The van der Waals surface area contributed by atoms with E-state index in [1.54, 1.807) is 19.2 Å². The predicted octanol–water partition coefficient (Wildman–Crippen LogP) is 1.53. The number of pyridine rings is 1. The SMILES string of the molecule is CCNC(=NCCCCn1c(C)cccc1=O)NC(C)COC. The van der Waals surface area contributed by atoms with Gasteiger partial charge in [-0.05, 0) is 39.7 Å². The number of aromatic nitrogens is 1. The van der Waals surface area contributed by atoms with Crippen molar-refractivity contribution in [2.24, 2.45) is 4.99 Å². The van der Waals surface area contributed by atoms with Gasteiger partial charge in [0.05, 0.1) is 6.61 Å². The molecule has 1 heterocycles. The maximum atomic E-state index is 11.8. The second-order valence-electron chi connectivity index (χ2n) is 5.63. The van der Waals surface area contributed by atoms with Crippen LogP contribution in [0.5, 0.6) is 0 Å². The summed E-state index contributed by atoms with van der Waals surface area (Å²) in [6.07, 6.45) is 1.87. The first-order valence-corrected chi connectivity index (χ1v) is 8.28. The van der Waals surface area contributed by atoms with Gasteiger partial charge in [-0.2, -0.15) is 0 Å². The second-order valence-corrected chi connectivity index (χ2v) is 5.63. The number of nitrogens with zero attached hydrogens (tertiary/aromatic N) is 2. The summed E-state index contributed by atoms with van der Waals surface area (Å²) in [6.45, 7) is 9.00. The van der Waals surface area contributed by atoms with Gasteiger partial charge >= 0.3 is 0 Å². The molecule has 23 heavy (non-hydrogen) atoms. The molecule has 6 heteroatoms. The minimum atomic E-state index is 0.0666. The zero-order chi connectivity index (χ0) is 17.1. The van der Waals surface area contributed by atoms with Crippen molar-refractivity contribution >= 4 is 5.96 Å². The molecule has 0 aromatic carbocycles. The number of aryl methyl sites for hydroxylation is 1. The lowest BCUT2D eigenvalue weighted by molar-refractivity contribution is 0.179. The Morgan fingerprint density at radius 1 is 1.39 bits per heavy atom. The molecule has 6 nitrogen and oxygen atoms in total. The highest BCUT2D eigenvalue weighted by Gasteiger charge is 2.04. The van der Waals surface area contributed by atoms with Crippen LogP contribution in [0.2, 0.25) is 0 Å². The molecule has 0 aliphatic rings. The molecule has 130 valence electrons. The lowest BCUT2D eigenvalue weighted by Gasteiger charge is -2.17. The third-order valence-electron chi connectivity index (χ3n) is 3.47. The van der Waals surface area contributed by atoms with Gasteiger partial charge in [-0.1, -0.05) is 6.07 Å². The van der Waals surface area contributed by atoms with Gasteiger partial charge in [0.15, 0.2) is 5.96 Å². The van der Waals surface area contributed by atoms with Crippen LogP contribution in [-0.2, 0) is 11.3 Å². The Morgan fingerprint density at radius 2 is 2.17 bits per heavy atom. The Balaban J connectivity index is 2.41. The number of hydrogen-bond donors (Lipinski definition) is 2. The Kier molecular flexibility index (Phi) is 9.05. The Bertz CT molecular complexity index is 540. The van der Waals surface area contributed by atoms with Crippen LogP contribution in [0, 0.1) is 6.92 Å². The summed E-state index contributed by atoms with van der Waals surface area (Å²) in [5.41, 5.74) is 1.07. The van der Waals surface area contributed by atoms with Crippen molar-refractivity contribution in [3.8, 4) is 0 Å². The molecule has 0 radical (unpaired) electrons. The first-order valence-electron chi connectivity index (χ1n) is 8.28. The number of methoxy groups -OCH3 is 1. The fourth-order valence-electron chi connectivity index (χ4n) is 2.33. The Labute approximate surface area is 139 Å². The Morgan fingerprint density at radius 3 is 2.83 bits per heavy atom. The van der Waals surface area contributed by atoms with E-state index >= 15 is 0 Å². The van der Waals surface area contributed by atoms with Crippen LogP contribution in [0.1, 0.15) is 32.4 Å². The smallest absolute Gasteiger partial charge is 0.250 e. The van der Waals surface area contributed by atoms with Crippen molar-refractivity contribution < 1.29 is 4.74 Å². The molecule has 0 aliphatic heterocycles. The van der Waals surface area contributed by atoms with Crippen molar-refractivity contribution in [1.29, 1.82) is 0 Å². The normalized spacial score (nSPS) is 13.0. The van der Waals surface area contributed by atoms with Gasteiger partial charge in [0.1, 0.15) is 0 Å². The number of unbranched alkanes of at least 4 members (excludes halogenated alkanes) is 1. The van der Waals surface area contributed by atoms with Gasteiger partial charge in [0.25, 0.3) is 5.56 Å². The summed E-state index contributed by atoms with van der Waals surface area (Å²) in [7, 11) is 1.69. The molecular weight excluding hydrogens is 292 g/mol. The molecular formula is C17H30N4O2. The first kappa shape index (κ1) is 19.2. The third-order valence-corrected chi connectivity index (χ3v) is 3.47. The number of guanidine groups is 1. The van der Waals surface area contributed by atoms with Crippen LogP contribution in [-0.4, -0.2) is 43.4 Å². The lowest BCUT2D eigenvalue weighted by Crippen LogP contribution is -2.44. The Hall–Kier alpha value is -1.82. The highest BCUT2D eigenvalue weighted by Crippen LogP contribution is 1.98. The van der Waals surface area contributed by atoms with E-state index in [1.165, 1.54) is 0 Å². The van der Waals surface area contributed by atoms with Gasteiger partial charge in [-0.15, -0.1) is 0 Å². The summed E-state index contributed by atoms with van der Waals surface area (Å²) in [5.74, 6) is 0.810. The van der Waals surface area contributed by atoms with E-state index in [1.807, 2.05) is 24.5 Å². The standard InChI is InChI=1S/C17H30N4O2/c1-5-18-17(20-14(2)13-23-4)19-11-6-7-12-21-15(3)9-8-10-16(21)22/h8-10,14H,5-7,11-13H2,1-4H3,(H2,18,19,20). The molecule has 0 fully saturated rings. The van der Waals surface area contributed by atoms with E-state index in [-0.39, 0.29) is 11.6 Å². The predicted molar refractivity (Wildman–Crippen MR) is 95.1 cm³/mol. The largest absolute Gasteiger partial charge is 0.383 e. The third kappa shape index (κ3) is 7.32. The average Bonchev–Trinajstić information content (AvgIpc) is 2.50. The zero-order valence-electron chi connectivity index (χ0n) is 14.8. The maximum Gasteiger partial charge on any atom is 0.250 e. The van der Waals surface area contributed by atoms with E-state index < -0.39 is 0 Å². The van der Waals surface area contributed by atoms with Crippen LogP contribution in [0.3, 0.4) is 0 Å². The van der Waals surface area contributed by atoms with Crippen molar-refractivity contribution in [1.82, 2.24) is 15.2 Å². The number of hydrogen-bond acceptors (Lipinski definition) is 3. The van der Waals surface area contributed by atoms with E-state index in [0.717, 1.165) is 44.1 Å². The summed E-state index contributed by atoms with van der Waals surface area (Å²) in [6, 6.07) is 5.58. The maximum absolute atomic E-state index is 11.8. The van der Waals surface area contributed by atoms with E-state index in [2.05, 4.69) is 22.5 Å². The molecule has 0 aliphatic carbocycles. The molecule has 0 saturated carbocycles. The topological polar surface area (TPSA) is 67.7 Å². The van der Waals surface area contributed by atoms with Gasteiger partial charge in [-0.3, -0.25) is 9.79 Å². The summed E-state index contributed by atoms with van der Waals surface area (Å²) >= 11 is 0. The molecule has 1 aromatic heterocycles. The summed E-state index contributed by atoms with van der Waals surface area (Å²) in [4.78, 5) is 16.3. The molecule has 0 saturated heterocycles. The minimum absolute atomic E-state index is 0.0666. The quantitative estimate of drug-likeness (QED) is 0.411. The van der Waals surface area contributed by atoms with Crippen LogP contribution in [0.25, 0.3) is 0 Å². The van der Waals surface area contributed by atoms with Crippen molar-refractivity contribution in [2.45, 2.75) is 46.2 Å². The van der Waals surface area contributed by atoms with Gasteiger partial charge in [-0.25, -0.2) is 0 Å². The van der Waals surface area contributed by atoms with Crippen LogP contribution >= 0.6 is 0 Å². The van der Waals surface area contributed by atoms with E-state index in [9.17, 15) is 4.79 Å². The van der Waals surface area contributed by atoms with Crippen LogP contribution in [0.15, 0.2) is 28.0 Å². The highest BCUT2D eigenvalue weighted by molar-refractivity contribution is 5.80. The molecule has 1 unspecified atom stereocenters. The molecule has 2 N–H and O–H groups in total. The minimum Gasteiger partial charge on any atom is -0.383 e. The number of nitrogens with one attached hydrogen (secondary N) is 2. The van der Waals surface area contributed by atoms with Crippen LogP contribution < -0.4 is 16.2 Å². The van der Waals surface area contributed by atoms with Gasteiger partial charge in [0.2, 0.25) is 0 Å². The van der Waals surface area contributed by atoms with E-state index in [4.69, 9.17) is 4.74 Å². The number of rotatable bonds is 9. The van der Waals surface area contributed by atoms with Crippen molar-refractivity contribution in [3.05, 3.63) is 34.2 Å². The molecule has 1 aromatic rings. The summed E-state index contributed by atoms with van der Waals surface area (Å²) < 4.78 is 6.93. The van der Waals surface area contributed by atoms with Crippen molar-refractivity contribution in [2.75, 3.05) is 26.8 Å². The average molecular weight is 322 g/mol. The van der Waals surface area contributed by atoms with Gasteiger partial charge < -0.3 is 19.9 Å². The van der Waals surface area contributed by atoms with E-state index in [0.29, 0.717) is 6.61 Å². The second kappa shape index (κ2) is 10.8. The first-order chi connectivity index (χ1) is 11.1. The monoisotopic (exact) mass is 322 g/mol. The van der Waals surface area contributed by atoms with Crippen molar-refractivity contribution in [3.63, 3.8) is 0 Å². The van der Waals surface area contributed by atoms with Crippen LogP contribution in [0.4, 0.5) is 0 Å². The summed E-state index contributed by atoms with van der Waals surface area (Å²) in [5, 5.41) is 6.53. The fourth-order valence-corrected chi connectivity index (χ4v) is 2.33. The molecule has 1 atom stereocenters.